The van der Waals surface area contributed by atoms with Gasteiger partial charge in [0.2, 0.25) is 0 Å². The number of para-hydroxylation sites is 1. The Bertz CT molecular complexity index is 430. The van der Waals surface area contributed by atoms with E-state index in [2.05, 4.69) is 11.2 Å². The van der Waals surface area contributed by atoms with Crippen LogP contribution in [0.5, 0.6) is 5.75 Å². The van der Waals surface area contributed by atoms with E-state index in [0.29, 0.717) is 12.5 Å². The first-order valence-corrected chi connectivity index (χ1v) is 8.85. The van der Waals surface area contributed by atoms with E-state index in [1.807, 2.05) is 11.8 Å². The Morgan fingerprint density at radius 1 is 1.48 bits per heavy atom. The molecule has 2 rings (SSSR count). The number of ether oxygens (including phenoxy) is 1. The highest BCUT2D eigenvalue weighted by Gasteiger charge is 2.21. The molecule has 1 heterocycles. The topological polar surface area (TPSA) is 32.7 Å². The molecule has 1 saturated heterocycles. The summed E-state index contributed by atoms with van der Waals surface area (Å²) in [6, 6.07) is 6.29. The van der Waals surface area contributed by atoms with Gasteiger partial charge < -0.3 is 14.7 Å². The van der Waals surface area contributed by atoms with Crippen LogP contribution in [0, 0.1) is 11.7 Å². The highest BCUT2D eigenvalue weighted by Crippen LogP contribution is 2.20. The van der Waals surface area contributed by atoms with Crippen LogP contribution >= 0.6 is 11.8 Å². The quantitative estimate of drug-likeness (QED) is 0.839. The van der Waals surface area contributed by atoms with E-state index in [1.165, 1.54) is 24.7 Å². The van der Waals surface area contributed by atoms with Crippen LogP contribution in [0.3, 0.4) is 0 Å². The largest absolute Gasteiger partial charge is 0.488 e. The second-order valence-corrected chi connectivity index (χ2v) is 6.53. The van der Waals surface area contributed by atoms with Gasteiger partial charge in [-0.25, -0.2) is 4.39 Å². The summed E-state index contributed by atoms with van der Waals surface area (Å²) in [5.41, 5.74) is 0. The summed E-state index contributed by atoms with van der Waals surface area (Å²) in [5, 5.41) is 10.1. The molecule has 0 radical (unpaired) electrons. The molecule has 5 heteroatoms. The fourth-order valence-electron chi connectivity index (χ4n) is 2.79. The zero-order valence-electron chi connectivity index (χ0n) is 12.5. The molecule has 1 aromatic rings. The molecule has 118 valence electrons. The maximum atomic E-state index is 13.4. The van der Waals surface area contributed by atoms with Crippen molar-refractivity contribution in [2.24, 2.45) is 5.92 Å². The fraction of sp³-hybridized carbons (Fsp3) is 0.625. The summed E-state index contributed by atoms with van der Waals surface area (Å²) in [6.07, 6.45) is 4.01. The first-order valence-electron chi connectivity index (χ1n) is 7.45. The molecule has 0 amide bonds. The van der Waals surface area contributed by atoms with E-state index in [0.717, 1.165) is 13.1 Å². The van der Waals surface area contributed by atoms with Crippen LogP contribution in [0.4, 0.5) is 4.39 Å². The van der Waals surface area contributed by atoms with Gasteiger partial charge in [0.1, 0.15) is 12.7 Å². The highest BCUT2D eigenvalue weighted by molar-refractivity contribution is 7.98. The van der Waals surface area contributed by atoms with Crippen LogP contribution in [0.1, 0.15) is 12.8 Å². The lowest BCUT2D eigenvalue weighted by molar-refractivity contribution is 0.0530. The minimum Gasteiger partial charge on any atom is -0.488 e. The number of nitrogens with zero attached hydrogens (tertiary/aromatic N) is 1. The van der Waals surface area contributed by atoms with Gasteiger partial charge >= 0.3 is 0 Å². The Morgan fingerprint density at radius 3 is 3.05 bits per heavy atom. The average Bonchev–Trinajstić information content (AvgIpc) is 2.47. The maximum Gasteiger partial charge on any atom is 0.165 e. The van der Waals surface area contributed by atoms with Crippen molar-refractivity contribution in [3.05, 3.63) is 30.1 Å². The van der Waals surface area contributed by atoms with E-state index < -0.39 is 6.10 Å². The normalized spacial score (nSPS) is 21.2. The molecular weight excluding hydrogens is 289 g/mol. The number of thioether (sulfide) groups is 1. The average molecular weight is 313 g/mol. The lowest BCUT2D eigenvalue weighted by Crippen LogP contribution is -2.42. The molecule has 21 heavy (non-hydrogen) atoms. The van der Waals surface area contributed by atoms with Crippen molar-refractivity contribution < 1.29 is 14.2 Å². The van der Waals surface area contributed by atoms with Crippen molar-refractivity contribution in [3.8, 4) is 5.75 Å². The molecule has 0 saturated carbocycles. The van der Waals surface area contributed by atoms with Crippen LogP contribution in [0.25, 0.3) is 0 Å². The number of benzene rings is 1. The van der Waals surface area contributed by atoms with Crippen LogP contribution in [-0.4, -0.2) is 54.4 Å². The number of halogens is 1. The van der Waals surface area contributed by atoms with Crippen LogP contribution in [0.2, 0.25) is 0 Å². The monoisotopic (exact) mass is 313 g/mol. The van der Waals surface area contributed by atoms with Crippen molar-refractivity contribution in [1.82, 2.24) is 4.90 Å². The molecule has 0 aliphatic carbocycles. The molecule has 1 aromatic carbocycles. The molecule has 1 N–H and O–H groups in total. The Balaban J connectivity index is 1.74. The van der Waals surface area contributed by atoms with Gasteiger partial charge in [-0.3, -0.25) is 0 Å². The van der Waals surface area contributed by atoms with Gasteiger partial charge in [0.15, 0.2) is 11.6 Å². The molecule has 1 aliphatic heterocycles. The second-order valence-electron chi connectivity index (χ2n) is 5.62. The summed E-state index contributed by atoms with van der Waals surface area (Å²) in [6.45, 7) is 2.79. The van der Waals surface area contributed by atoms with Crippen molar-refractivity contribution >= 4 is 11.8 Å². The van der Waals surface area contributed by atoms with Gasteiger partial charge in [0, 0.05) is 13.1 Å². The van der Waals surface area contributed by atoms with Crippen molar-refractivity contribution in [1.29, 1.82) is 0 Å². The predicted molar refractivity (Wildman–Crippen MR) is 85.4 cm³/mol. The molecule has 1 fully saturated rings. The van der Waals surface area contributed by atoms with Gasteiger partial charge in [-0.2, -0.15) is 11.8 Å². The van der Waals surface area contributed by atoms with E-state index in [4.69, 9.17) is 4.74 Å². The van der Waals surface area contributed by atoms with Crippen LogP contribution in [0.15, 0.2) is 24.3 Å². The number of aliphatic hydroxyl groups is 1. The Morgan fingerprint density at radius 2 is 2.29 bits per heavy atom. The van der Waals surface area contributed by atoms with E-state index >= 15 is 0 Å². The third kappa shape index (κ3) is 5.49. The second kappa shape index (κ2) is 8.61. The molecule has 2 atom stereocenters. The summed E-state index contributed by atoms with van der Waals surface area (Å²) in [7, 11) is 0. The van der Waals surface area contributed by atoms with Gasteiger partial charge in [-0.1, -0.05) is 12.1 Å². The van der Waals surface area contributed by atoms with Gasteiger partial charge in [0.25, 0.3) is 0 Å². The molecule has 0 unspecified atom stereocenters. The summed E-state index contributed by atoms with van der Waals surface area (Å²) in [5.74, 6) is 1.71. The molecule has 1 aliphatic rings. The van der Waals surface area contributed by atoms with Crippen LogP contribution < -0.4 is 4.74 Å². The molecule has 0 spiro atoms. The minimum absolute atomic E-state index is 0.130. The van der Waals surface area contributed by atoms with Crippen molar-refractivity contribution in [2.75, 3.05) is 38.2 Å². The lowest BCUT2D eigenvalue weighted by Gasteiger charge is -2.33. The van der Waals surface area contributed by atoms with E-state index in [-0.39, 0.29) is 18.2 Å². The van der Waals surface area contributed by atoms with Crippen molar-refractivity contribution in [3.63, 3.8) is 0 Å². The standard InChI is InChI=1S/C16H24FNO2S/c1-21-12-13-5-4-8-18(9-13)10-14(19)11-20-16-7-3-2-6-15(16)17/h2-3,6-7,13-14,19H,4-5,8-12H2,1H3/t13-,14-/m0/s1. The summed E-state index contributed by atoms with van der Waals surface area (Å²) < 4.78 is 18.8. The van der Waals surface area contributed by atoms with Crippen molar-refractivity contribution in [2.45, 2.75) is 18.9 Å². The molecule has 0 bridgehead atoms. The Kier molecular flexibility index (Phi) is 6.80. The Labute approximate surface area is 130 Å². The SMILES string of the molecule is CSC[C@H]1CCCN(C[C@H](O)COc2ccccc2F)C1. The number of hydrogen-bond donors (Lipinski definition) is 1. The molecule has 3 nitrogen and oxygen atoms in total. The van der Waals surface area contributed by atoms with E-state index in [1.54, 1.807) is 18.2 Å². The first kappa shape index (κ1) is 16.6. The van der Waals surface area contributed by atoms with Crippen LogP contribution in [-0.2, 0) is 0 Å². The maximum absolute atomic E-state index is 13.4. The fourth-order valence-corrected chi connectivity index (χ4v) is 3.53. The minimum atomic E-state index is -0.586. The van der Waals surface area contributed by atoms with Gasteiger partial charge in [-0.15, -0.1) is 0 Å². The molecule has 0 aromatic heterocycles. The third-order valence-electron chi connectivity index (χ3n) is 3.74. The summed E-state index contributed by atoms with van der Waals surface area (Å²) in [4.78, 5) is 2.29. The smallest absolute Gasteiger partial charge is 0.165 e. The summed E-state index contributed by atoms with van der Waals surface area (Å²) >= 11 is 1.88. The number of aliphatic hydroxyl groups excluding tert-OH is 1. The number of hydrogen-bond acceptors (Lipinski definition) is 4. The zero-order chi connectivity index (χ0) is 15.1. The highest BCUT2D eigenvalue weighted by atomic mass is 32.2. The predicted octanol–water partition coefficient (Wildman–Crippen LogP) is 2.64. The number of β-amino-alcohol motifs (C(OH)–C–C–N with tert-alkyl or cyclic N) is 1. The zero-order valence-corrected chi connectivity index (χ0v) is 13.3. The number of piperidine rings is 1. The van der Waals surface area contributed by atoms with E-state index in [9.17, 15) is 9.50 Å². The lowest BCUT2D eigenvalue weighted by atomic mass is 10.00. The Hall–Kier alpha value is -0.780. The molecular formula is C16H24FNO2S. The van der Waals surface area contributed by atoms with Gasteiger partial charge in [0.05, 0.1) is 0 Å². The first-order chi connectivity index (χ1) is 10.2. The number of likely N-dealkylation sites (tertiary alicyclic amines) is 1. The number of rotatable bonds is 7. The third-order valence-corrected chi connectivity index (χ3v) is 4.55. The van der Waals surface area contributed by atoms with Gasteiger partial charge in [-0.05, 0) is 49.4 Å².